The minimum absolute atomic E-state index is 0.0917. The van der Waals surface area contributed by atoms with E-state index in [1.807, 2.05) is 0 Å². The van der Waals surface area contributed by atoms with E-state index < -0.39 is 23.7 Å². The van der Waals surface area contributed by atoms with Crippen LogP contribution in [0.5, 0.6) is 11.5 Å². The van der Waals surface area contributed by atoms with E-state index in [1.165, 1.54) is 37.5 Å². The summed E-state index contributed by atoms with van der Waals surface area (Å²) in [7, 11) is 1.43. The molecule has 1 aliphatic rings. The lowest BCUT2D eigenvalue weighted by Crippen LogP contribution is -2.30. The first kappa shape index (κ1) is 26.2. The molecule has 1 aliphatic heterocycles. The summed E-state index contributed by atoms with van der Waals surface area (Å²) in [6, 6.07) is 14.8. The molecule has 37 heavy (non-hydrogen) atoms. The molecule has 1 heterocycles. The summed E-state index contributed by atoms with van der Waals surface area (Å²) in [6.45, 7) is -0.231. The van der Waals surface area contributed by atoms with Crippen molar-refractivity contribution in [1.29, 1.82) is 0 Å². The van der Waals surface area contributed by atoms with Crippen LogP contribution in [0.1, 0.15) is 11.1 Å². The molecule has 1 fully saturated rings. The Kier molecular flexibility index (Phi) is 8.10. The highest BCUT2D eigenvalue weighted by atomic mass is 79.9. The second kappa shape index (κ2) is 11.4. The Morgan fingerprint density at radius 1 is 1.11 bits per heavy atom. The number of methoxy groups -OCH3 is 1. The van der Waals surface area contributed by atoms with Crippen molar-refractivity contribution in [3.05, 3.63) is 92.8 Å². The first-order valence-electron chi connectivity index (χ1n) is 10.9. The van der Waals surface area contributed by atoms with E-state index in [4.69, 9.17) is 21.1 Å². The van der Waals surface area contributed by atoms with Crippen LogP contribution in [0.25, 0.3) is 6.08 Å². The molecular formula is C26H20BrClFN3O5. The van der Waals surface area contributed by atoms with Crippen LogP contribution in [0.4, 0.5) is 14.9 Å². The van der Waals surface area contributed by atoms with Crippen LogP contribution in [0.2, 0.25) is 5.02 Å². The zero-order valence-electron chi connectivity index (χ0n) is 19.4. The molecule has 4 rings (SSSR count). The molecule has 2 N–H and O–H groups in total. The zero-order valence-corrected chi connectivity index (χ0v) is 21.7. The number of carbonyl (C=O) groups excluding carboxylic acids is 3. The van der Waals surface area contributed by atoms with Crippen molar-refractivity contribution in [2.24, 2.45) is 0 Å². The normalized spacial score (nSPS) is 14.1. The standard InChI is InChI=1S/C26H20BrClFN3O5/c1-36-22-11-16(10-21-25(34)32(26(35)31-21)13-15-2-4-17(28)5-3-15)20(27)12-23(22)37-14-24(33)30-19-8-6-18(29)7-9-19/h2-12H,13-14H2,1H3,(H,30,33)(H,31,35)/b21-10-. The highest BCUT2D eigenvalue weighted by Gasteiger charge is 2.33. The maximum absolute atomic E-state index is 13.0. The van der Waals surface area contributed by atoms with Crippen molar-refractivity contribution in [2.75, 3.05) is 19.0 Å². The van der Waals surface area contributed by atoms with Gasteiger partial charge in [0, 0.05) is 15.2 Å². The highest BCUT2D eigenvalue weighted by molar-refractivity contribution is 9.10. The molecule has 0 unspecified atom stereocenters. The quantitative estimate of drug-likeness (QED) is 0.273. The minimum Gasteiger partial charge on any atom is -0.493 e. The third-order valence-corrected chi connectivity index (χ3v) is 6.22. The number of benzene rings is 3. The van der Waals surface area contributed by atoms with E-state index in [0.717, 1.165) is 10.5 Å². The average Bonchev–Trinajstić information content (AvgIpc) is 3.14. The molecule has 3 aromatic carbocycles. The van der Waals surface area contributed by atoms with Gasteiger partial charge >= 0.3 is 6.03 Å². The highest BCUT2D eigenvalue weighted by Crippen LogP contribution is 2.35. The number of halogens is 3. The molecule has 3 aromatic rings. The molecule has 0 saturated carbocycles. The number of nitrogens with one attached hydrogen (secondary N) is 2. The molecule has 4 amide bonds. The van der Waals surface area contributed by atoms with E-state index in [2.05, 4.69) is 26.6 Å². The number of amides is 4. The van der Waals surface area contributed by atoms with E-state index in [9.17, 15) is 18.8 Å². The van der Waals surface area contributed by atoms with Gasteiger partial charge in [0.1, 0.15) is 11.5 Å². The minimum atomic E-state index is -0.540. The smallest absolute Gasteiger partial charge is 0.329 e. The van der Waals surface area contributed by atoms with Gasteiger partial charge in [-0.15, -0.1) is 0 Å². The number of hydrogen-bond acceptors (Lipinski definition) is 5. The number of carbonyl (C=O) groups is 3. The lowest BCUT2D eigenvalue weighted by atomic mass is 10.1. The summed E-state index contributed by atoms with van der Waals surface area (Å²) in [5.74, 6) is -0.761. The van der Waals surface area contributed by atoms with Gasteiger partial charge < -0.3 is 20.1 Å². The summed E-state index contributed by atoms with van der Waals surface area (Å²) >= 11 is 9.33. The second-order valence-corrected chi connectivity index (χ2v) is 9.17. The first-order chi connectivity index (χ1) is 17.7. The van der Waals surface area contributed by atoms with Gasteiger partial charge in [-0.3, -0.25) is 14.5 Å². The van der Waals surface area contributed by atoms with Crippen LogP contribution >= 0.6 is 27.5 Å². The lowest BCUT2D eigenvalue weighted by Gasteiger charge is -2.13. The Morgan fingerprint density at radius 2 is 1.81 bits per heavy atom. The zero-order chi connectivity index (χ0) is 26.5. The van der Waals surface area contributed by atoms with Gasteiger partial charge in [-0.05, 0) is 65.7 Å². The lowest BCUT2D eigenvalue weighted by molar-refractivity contribution is -0.123. The number of urea groups is 1. The van der Waals surface area contributed by atoms with Crippen molar-refractivity contribution in [3.8, 4) is 11.5 Å². The Bertz CT molecular complexity index is 1380. The number of ether oxygens (including phenoxy) is 2. The van der Waals surface area contributed by atoms with Gasteiger partial charge in [0.15, 0.2) is 18.1 Å². The van der Waals surface area contributed by atoms with Crippen molar-refractivity contribution in [2.45, 2.75) is 6.54 Å². The molecular weight excluding hydrogens is 569 g/mol. The molecule has 190 valence electrons. The van der Waals surface area contributed by atoms with E-state index in [1.54, 1.807) is 36.4 Å². The Hall–Kier alpha value is -3.89. The third kappa shape index (κ3) is 6.46. The Morgan fingerprint density at radius 3 is 2.49 bits per heavy atom. The largest absolute Gasteiger partial charge is 0.493 e. The van der Waals surface area contributed by atoms with E-state index in [0.29, 0.717) is 26.5 Å². The van der Waals surface area contributed by atoms with Gasteiger partial charge in [-0.1, -0.05) is 39.7 Å². The van der Waals surface area contributed by atoms with Gasteiger partial charge in [-0.25, -0.2) is 9.18 Å². The van der Waals surface area contributed by atoms with Crippen molar-refractivity contribution < 1.29 is 28.2 Å². The van der Waals surface area contributed by atoms with Crippen LogP contribution in [0.3, 0.4) is 0 Å². The topological polar surface area (TPSA) is 97.0 Å². The number of anilines is 1. The fourth-order valence-electron chi connectivity index (χ4n) is 3.45. The summed E-state index contributed by atoms with van der Waals surface area (Å²) in [5, 5.41) is 5.74. The second-order valence-electron chi connectivity index (χ2n) is 7.87. The Balaban J connectivity index is 1.46. The fraction of sp³-hybridized carbons (Fsp3) is 0.115. The molecule has 0 aliphatic carbocycles. The van der Waals surface area contributed by atoms with Crippen LogP contribution in [0.15, 0.2) is 70.8 Å². The van der Waals surface area contributed by atoms with Crippen LogP contribution in [-0.4, -0.2) is 36.5 Å². The summed E-state index contributed by atoms with van der Waals surface area (Å²) in [4.78, 5) is 38.6. The summed E-state index contributed by atoms with van der Waals surface area (Å²) in [5.41, 5.74) is 1.81. The molecule has 0 atom stereocenters. The summed E-state index contributed by atoms with van der Waals surface area (Å²) in [6.07, 6.45) is 1.51. The summed E-state index contributed by atoms with van der Waals surface area (Å²) < 4.78 is 24.6. The van der Waals surface area contributed by atoms with Gasteiger partial charge in [-0.2, -0.15) is 0 Å². The average molecular weight is 589 g/mol. The fourth-order valence-corrected chi connectivity index (χ4v) is 4.01. The molecule has 0 aromatic heterocycles. The maximum Gasteiger partial charge on any atom is 0.329 e. The van der Waals surface area contributed by atoms with Crippen molar-refractivity contribution in [1.82, 2.24) is 10.2 Å². The van der Waals surface area contributed by atoms with E-state index in [-0.39, 0.29) is 24.6 Å². The molecule has 0 radical (unpaired) electrons. The monoisotopic (exact) mass is 587 g/mol. The van der Waals surface area contributed by atoms with Gasteiger partial charge in [0.2, 0.25) is 0 Å². The number of nitrogens with zero attached hydrogens (tertiary/aromatic N) is 1. The molecule has 0 bridgehead atoms. The van der Waals surface area contributed by atoms with Gasteiger partial charge in [0.25, 0.3) is 11.8 Å². The van der Waals surface area contributed by atoms with Gasteiger partial charge in [0.05, 0.1) is 13.7 Å². The molecule has 11 heteroatoms. The van der Waals surface area contributed by atoms with E-state index >= 15 is 0 Å². The first-order valence-corrected chi connectivity index (χ1v) is 12.1. The Labute approximate surface area is 225 Å². The molecule has 0 spiro atoms. The van der Waals surface area contributed by atoms with Crippen LogP contribution < -0.4 is 20.1 Å². The number of hydrogen-bond donors (Lipinski definition) is 2. The van der Waals surface area contributed by atoms with Crippen molar-refractivity contribution in [3.63, 3.8) is 0 Å². The van der Waals surface area contributed by atoms with Crippen LogP contribution in [0, 0.1) is 5.82 Å². The molecule has 1 saturated heterocycles. The molecule has 8 nitrogen and oxygen atoms in total. The predicted octanol–water partition coefficient (Wildman–Crippen LogP) is 5.36. The SMILES string of the molecule is COc1cc(/C=C2\NC(=O)N(Cc3ccc(Cl)cc3)C2=O)c(Br)cc1OCC(=O)Nc1ccc(F)cc1. The number of rotatable bonds is 8. The maximum atomic E-state index is 13.0. The number of imide groups is 1. The van der Waals surface area contributed by atoms with Crippen LogP contribution in [-0.2, 0) is 16.1 Å². The third-order valence-electron chi connectivity index (χ3n) is 5.29. The predicted molar refractivity (Wildman–Crippen MR) is 140 cm³/mol. The van der Waals surface area contributed by atoms with Crippen molar-refractivity contribution >= 4 is 57.1 Å².